The first-order chi connectivity index (χ1) is 11.0. The summed E-state index contributed by atoms with van der Waals surface area (Å²) in [6.07, 6.45) is 0. The predicted octanol–water partition coefficient (Wildman–Crippen LogP) is 3.34. The van der Waals surface area contributed by atoms with Gasteiger partial charge in [-0.25, -0.2) is 4.79 Å². The summed E-state index contributed by atoms with van der Waals surface area (Å²) in [7, 11) is 2.03. The van der Waals surface area contributed by atoms with Gasteiger partial charge in [0.2, 0.25) is 11.0 Å². The molecular weight excluding hydrogens is 288 g/mol. The van der Waals surface area contributed by atoms with Crippen LogP contribution >= 0.6 is 0 Å². The van der Waals surface area contributed by atoms with E-state index >= 15 is 0 Å². The third kappa shape index (κ3) is 2.61. The Kier molecular flexibility index (Phi) is 3.90. The first-order valence-electron chi connectivity index (χ1n) is 7.79. The minimum absolute atomic E-state index is 0.0148. The van der Waals surface area contributed by atoms with Gasteiger partial charge in [-0.15, -0.1) is 0 Å². The van der Waals surface area contributed by atoms with Crippen LogP contribution in [-0.2, 0) is 11.8 Å². The average molecular weight is 309 g/mol. The Balaban J connectivity index is 2.32. The summed E-state index contributed by atoms with van der Waals surface area (Å²) in [5, 5.41) is 14.9. The highest BCUT2D eigenvalue weighted by molar-refractivity contribution is 6.05. The summed E-state index contributed by atoms with van der Waals surface area (Å²) in [5.74, 6) is -0.847. The Morgan fingerprint density at radius 2 is 1.48 bits per heavy atom. The second-order valence-corrected chi connectivity index (χ2v) is 6.17. The monoisotopic (exact) mass is 309 g/mol. The molecule has 1 aromatic heterocycles. The SMILES string of the molecule is CC(C)C(Nc1c2ccccc2[n+](C)c2ccccc12)C(=O)O. The molecular formula is C19H21N2O2+. The van der Waals surface area contributed by atoms with E-state index in [2.05, 4.69) is 22.0 Å². The molecule has 4 heteroatoms. The quantitative estimate of drug-likeness (QED) is 0.574. The van der Waals surface area contributed by atoms with Crippen molar-refractivity contribution in [1.29, 1.82) is 0 Å². The zero-order chi connectivity index (χ0) is 16.6. The van der Waals surface area contributed by atoms with E-state index < -0.39 is 12.0 Å². The third-order valence-corrected chi connectivity index (χ3v) is 4.30. The topological polar surface area (TPSA) is 53.2 Å². The number of nitrogens with zero attached hydrogens (tertiary/aromatic N) is 1. The van der Waals surface area contributed by atoms with Crippen molar-refractivity contribution in [1.82, 2.24) is 0 Å². The molecule has 0 aliphatic carbocycles. The van der Waals surface area contributed by atoms with Crippen LogP contribution in [0.25, 0.3) is 21.8 Å². The lowest BCUT2D eigenvalue weighted by Gasteiger charge is -2.21. The molecule has 0 spiro atoms. The van der Waals surface area contributed by atoms with Gasteiger partial charge in [0.15, 0.2) is 0 Å². The molecule has 0 saturated heterocycles. The first-order valence-corrected chi connectivity index (χ1v) is 7.79. The fourth-order valence-electron chi connectivity index (χ4n) is 3.05. The molecule has 0 aliphatic rings. The van der Waals surface area contributed by atoms with Gasteiger partial charge in [0.05, 0.1) is 16.5 Å². The van der Waals surface area contributed by atoms with Crippen LogP contribution in [0.5, 0.6) is 0 Å². The number of pyridine rings is 1. The summed E-state index contributed by atoms with van der Waals surface area (Å²) in [6, 6.07) is 15.5. The van der Waals surface area contributed by atoms with E-state index in [9.17, 15) is 9.90 Å². The smallest absolute Gasteiger partial charge is 0.326 e. The minimum Gasteiger partial charge on any atom is -0.480 e. The van der Waals surface area contributed by atoms with Crippen molar-refractivity contribution < 1.29 is 14.5 Å². The van der Waals surface area contributed by atoms with Crippen molar-refractivity contribution in [2.24, 2.45) is 13.0 Å². The number of aryl methyl sites for hydroxylation is 1. The number of benzene rings is 2. The fraction of sp³-hybridized carbons (Fsp3) is 0.263. The standard InChI is InChI=1S/C19H20N2O2/c1-12(2)17(19(22)23)20-18-13-8-4-6-10-15(13)21(3)16-11-7-5-9-14(16)18/h4-12,17H,1-3H3,(H,22,23)/p+1. The van der Waals surface area contributed by atoms with Gasteiger partial charge in [-0.2, -0.15) is 4.57 Å². The summed E-state index contributed by atoms with van der Waals surface area (Å²) >= 11 is 0. The molecule has 0 amide bonds. The highest BCUT2D eigenvalue weighted by atomic mass is 16.4. The molecule has 2 aromatic carbocycles. The molecule has 3 aromatic rings. The van der Waals surface area contributed by atoms with Crippen molar-refractivity contribution >= 4 is 33.5 Å². The third-order valence-electron chi connectivity index (χ3n) is 4.30. The lowest BCUT2D eigenvalue weighted by Crippen LogP contribution is -2.36. The lowest BCUT2D eigenvalue weighted by molar-refractivity contribution is -0.617. The van der Waals surface area contributed by atoms with Crippen LogP contribution in [-0.4, -0.2) is 17.1 Å². The summed E-state index contributed by atoms with van der Waals surface area (Å²) in [4.78, 5) is 11.6. The van der Waals surface area contributed by atoms with Gasteiger partial charge in [0.25, 0.3) is 0 Å². The molecule has 1 atom stereocenters. The van der Waals surface area contributed by atoms with Gasteiger partial charge < -0.3 is 10.4 Å². The van der Waals surface area contributed by atoms with Crippen LogP contribution < -0.4 is 9.88 Å². The van der Waals surface area contributed by atoms with Crippen LogP contribution in [0.4, 0.5) is 5.69 Å². The van der Waals surface area contributed by atoms with Crippen LogP contribution in [0, 0.1) is 5.92 Å². The summed E-state index contributed by atoms with van der Waals surface area (Å²) in [5.41, 5.74) is 3.03. The van der Waals surface area contributed by atoms with Gasteiger partial charge in [-0.1, -0.05) is 38.1 Å². The van der Waals surface area contributed by atoms with Crippen molar-refractivity contribution in [2.45, 2.75) is 19.9 Å². The van der Waals surface area contributed by atoms with Crippen molar-refractivity contribution in [3.63, 3.8) is 0 Å². The van der Waals surface area contributed by atoms with E-state index in [-0.39, 0.29) is 5.92 Å². The van der Waals surface area contributed by atoms with E-state index in [1.54, 1.807) is 0 Å². The number of para-hydroxylation sites is 2. The molecule has 23 heavy (non-hydrogen) atoms. The molecule has 0 saturated carbocycles. The highest BCUT2D eigenvalue weighted by Crippen LogP contribution is 2.30. The van der Waals surface area contributed by atoms with Crippen molar-refractivity contribution in [3.8, 4) is 0 Å². The molecule has 1 unspecified atom stereocenters. The number of aromatic nitrogens is 1. The van der Waals surface area contributed by atoms with Crippen molar-refractivity contribution in [2.75, 3.05) is 5.32 Å². The van der Waals surface area contributed by atoms with Gasteiger partial charge in [-0.3, -0.25) is 0 Å². The van der Waals surface area contributed by atoms with Crippen LogP contribution in [0.2, 0.25) is 0 Å². The van der Waals surface area contributed by atoms with Gasteiger partial charge >= 0.3 is 5.97 Å². The number of anilines is 1. The summed E-state index contributed by atoms with van der Waals surface area (Å²) in [6.45, 7) is 3.83. The molecule has 4 nitrogen and oxygen atoms in total. The van der Waals surface area contributed by atoms with Gasteiger partial charge in [0, 0.05) is 12.1 Å². The number of carbonyl (C=O) groups is 1. The molecule has 0 bridgehead atoms. The predicted molar refractivity (Wildman–Crippen MR) is 92.5 cm³/mol. The molecule has 3 rings (SSSR count). The highest BCUT2D eigenvalue weighted by Gasteiger charge is 2.25. The molecule has 0 aliphatic heterocycles. The maximum absolute atomic E-state index is 11.6. The van der Waals surface area contributed by atoms with E-state index in [0.717, 1.165) is 27.5 Å². The minimum atomic E-state index is -0.832. The number of aliphatic carboxylic acids is 1. The second-order valence-electron chi connectivity index (χ2n) is 6.17. The Morgan fingerprint density at radius 3 is 1.91 bits per heavy atom. The fourth-order valence-corrected chi connectivity index (χ4v) is 3.05. The zero-order valence-electron chi connectivity index (χ0n) is 13.6. The molecule has 0 radical (unpaired) electrons. The first kappa shape index (κ1) is 15.3. The van der Waals surface area contributed by atoms with Gasteiger partial charge in [-0.05, 0) is 18.1 Å². The van der Waals surface area contributed by atoms with Crippen molar-refractivity contribution in [3.05, 3.63) is 48.5 Å². The van der Waals surface area contributed by atoms with Crippen LogP contribution in [0.15, 0.2) is 48.5 Å². The normalized spacial score (nSPS) is 12.7. The second kappa shape index (κ2) is 5.88. The Hall–Kier alpha value is -2.62. The van der Waals surface area contributed by atoms with E-state index in [1.807, 2.05) is 57.3 Å². The van der Waals surface area contributed by atoms with Crippen LogP contribution in [0.1, 0.15) is 13.8 Å². The summed E-state index contributed by atoms with van der Waals surface area (Å²) < 4.78 is 2.14. The average Bonchev–Trinajstić information content (AvgIpc) is 2.54. The van der Waals surface area contributed by atoms with E-state index in [0.29, 0.717) is 0 Å². The number of fused-ring (bicyclic) bond motifs is 2. The number of hydrogen-bond donors (Lipinski definition) is 2. The number of carboxylic acid groups (broad SMARTS) is 1. The van der Waals surface area contributed by atoms with Gasteiger partial charge in [0.1, 0.15) is 13.1 Å². The Morgan fingerprint density at radius 1 is 1.00 bits per heavy atom. The molecule has 1 heterocycles. The largest absolute Gasteiger partial charge is 0.480 e. The Bertz CT molecular complexity index is 830. The number of carboxylic acids is 1. The van der Waals surface area contributed by atoms with Crippen LogP contribution in [0.3, 0.4) is 0 Å². The number of nitrogens with one attached hydrogen (secondary N) is 1. The van der Waals surface area contributed by atoms with E-state index in [4.69, 9.17) is 0 Å². The zero-order valence-corrected chi connectivity index (χ0v) is 13.6. The maximum Gasteiger partial charge on any atom is 0.326 e. The lowest BCUT2D eigenvalue weighted by atomic mass is 10.0. The Labute approximate surface area is 135 Å². The molecule has 0 fully saturated rings. The number of rotatable bonds is 4. The molecule has 2 N–H and O–H groups in total. The van der Waals surface area contributed by atoms with E-state index in [1.165, 1.54) is 0 Å². The number of hydrogen-bond acceptors (Lipinski definition) is 2. The maximum atomic E-state index is 11.6. The molecule has 118 valence electrons.